The van der Waals surface area contributed by atoms with Crippen molar-refractivity contribution < 1.29 is 9.63 Å². The van der Waals surface area contributed by atoms with Crippen molar-refractivity contribution >= 4 is 39.8 Å². The van der Waals surface area contributed by atoms with Crippen LogP contribution in [0.25, 0.3) is 0 Å². The summed E-state index contributed by atoms with van der Waals surface area (Å²) in [6, 6.07) is 3.69. The van der Waals surface area contributed by atoms with Crippen LogP contribution in [0.3, 0.4) is 0 Å². The Balaban J connectivity index is 1.80. The maximum atomic E-state index is 12.6. The Labute approximate surface area is 148 Å². The fraction of sp³-hybridized carbons (Fsp3) is 0.375. The summed E-state index contributed by atoms with van der Waals surface area (Å²) in [6.45, 7) is 0. The smallest absolute Gasteiger partial charge is 0.280 e. The monoisotopic (exact) mass is 362 g/mol. The summed E-state index contributed by atoms with van der Waals surface area (Å²) in [5.41, 5.74) is 0.845. The van der Waals surface area contributed by atoms with Crippen LogP contribution in [0.1, 0.15) is 31.2 Å². The topological polar surface area (TPSA) is 76.5 Å². The third kappa shape index (κ3) is 4.33. The molecule has 2 aromatic heterocycles. The zero-order valence-corrected chi connectivity index (χ0v) is 14.9. The average Bonchev–Trinajstić information content (AvgIpc) is 3.29. The molecule has 24 heavy (non-hydrogen) atoms. The third-order valence-electron chi connectivity index (χ3n) is 3.68. The van der Waals surface area contributed by atoms with Gasteiger partial charge in [0, 0.05) is 23.3 Å². The Morgan fingerprint density at radius 3 is 2.83 bits per heavy atom. The zero-order chi connectivity index (χ0) is 16.8. The van der Waals surface area contributed by atoms with Crippen molar-refractivity contribution in [2.24, 2.45) is 5.16 Å². The molecule has 0 radical (unpaired) electrons. The molecule has 1 aliphatic carbocycles. The van der Waals surface area contributed by atoms with Crippen molar-refractivity contribution in [3.63, 3.8) is 0 Å². The van der Waals surface area contributed by atoms with E-state index in [0.717, 1.165) is 30.7 Å². The molecule has 2 aromatic rings. The van der Waals surface area contributed by atoms with E-state index in [1.165, 1.54) is 11.3 Å². The highest BCUT2D eigenvalue weighted by Gasteiger charge is 2.20. The molecule has 0 aliphatic heterocycles. The van der Waals surface area contributed by atoms with Crippen molar-refractivity contribution in [2.75, 3.05) is 11.6 Å². The molecule has 2 heterocycles. The standard InChI is InChI=1S/C16H18N4O2S2/c1-23-13-7-6-11(10-18-13)14(20-22-12-4-2-3-5-12)15(21)19-16-17-8-9-24-16/h6-10,12H,2-5H2,1H3,(H,17,19,21). The molecule has 126 valence electrons. The first kappa shape index (κ1) is 16.9. The Kier molecular flexibility index (Phi) is 5.81. The lowest BCUT2D eigenvalue weighted by Crippen LogP contribution is -2.25. The van der Waals surface area contributed by atoms with Crippen LogP contribution in [0, 0.1) is 0 Å². The van der Waals surface area contributed by atoms with E-state index in [-0.39, 0.29) is 17.7 Å². The van der Waals surface area contributed by atoms with E-state index in [2.05, 4.69) is 20.4 Å². The minimum atomic E-state index is -0.346. The van der Waals surface area contributed by atoms with Gasteiger partial charge in [-0.25, -0.2) is 9.97 Å². The van der Waals surface area contributed by atoms with Gasteiger partial charge in [0.25, 0.3) is 5.91 Å². The van der Waals surface area contributed by atoms with Crippen LogP contribution in [0.15, 0.2) is 40.1 Å². The summed E-state index contributed by atoms with van der Waals surface area (Å²) in [7, 11) is 0. The van der Waals surface area contributed by atoms with E-state index < -0.39 is 0 Å². The van der Waals surface area contributed by atoms with Gasteiger partial charge in [0.1, 0.15) is 6.10 Å². The molecular weight excluding hydrogens is 344 g/mol. The second-order valence-corrected chi connectivity index (χ2v) is 7.05. The first-order valence-electron chi connectivity index (χ1n) is 7.71. The van der Waals surface area contributed by atoms with Gasteiger partial charge in [0.05, 0.1) is 5.03 Å². The summed E-state index contributed by atoms with van der Waals surface area (Å²) in [5.74, 6) is -0.346. The molecule has 1 saturated carbocycles. The molecule has 0 aromatic carbocycles. The molecule has 3 rings (SSSR count). The van der Waals surface area contributed by atoms with E-state index >= 15 is 0 Å². The molecule has 0 unspecified atom stereocenters. The lowest BCUT2D eigenvalue weighted by atomic mass is 10.1. The number of amides is 1. The summed E-state index contributed by atoms with van der Waals surface area (Å²) >= 11 is 2.90. The van der Waals surface area contributed by atoms with Gasteiger partial charge in [-0.2, -0.15) is 0 Å². The molecule has 8 heteroatoms. The largest absolute Gasteiger partial charge is 0.392 e. The van der Waals surface area contributed by atoms with Crippen LogP contribution in [-0.2, 0) is 9.63 Å². The van der Waals surface area contributed by atoms with Crippen LogP contribution in [0.5, 0.6) is 0 Å². The second kappa shape index (κ2) is 8.25. The van der Waals surface area contributed by atoms with Gasteiger partial charge in [-0.15, -0.1) is 23.1 Å². The third-order valence-corrected chi connectivity index (χ3v) is 5.03. The SMILES string of the molecule is CSc1ccc(C(=NOC2CCCC2)C(=O)Nc2nccs2)cn1. The highest BCUT2D eigenvalue weighted by atomic mass is 32.2. The highest BCUT2D eigenvalue weighted by Crippen LogP contribution is 2.22. The summed E-state index contributed by atoms with van der Waals surface area (Å²) in [4.78, 5) is 26.6. The van der Waals surface area contributed by atoms with E-state index in [9.17, 15) is 4.79 Å². The number of carbonyl (C=O) groups is 1. The minimum Gasteiger partial charge on any atom is -0.392 e. The number of hydrogen-bond acceptors (Lipinski definition) is 7. The molecule has 1 aliphatic rings. The van der Waals surface area contributed by atoms with Crippen molar-refractivity contribution in [2.45, 2.75) is 36.8 Å². The van der Waals surface area contributed by atoms with Crippen LogP contribution in [0.4, 0.5) is 5.13 Å². The number of thioether (sulfide) groups is 1. The molecule has 0 spiro atoms. The van der Waals surface area contributed by atoms with E-state index in [1.807, 2.05) is 18.4 Å². The predicted molar refractivity (Wildman–Crippen MR) is 96.6 cm³/mol. The number of rotatable bonds is 6. The van der Waals surface area contributed by atoms with Crippen LogP contribution >= 0.6 is 23.1 Å². The highest BCUT2D eigenvalue weighted by molar-refractivity contribution is 7.98. The molecule has 6 nitrogen and oxygen atoms in total. The van der Waals surface area contributed by atoms with Crippen molar-refractivity contribution in [1.29, 1.82) is 0 Å². The number of thiazole rings is 1. The molecular formula is C16H18N4O2S2. The predicted octanol–water partition coefficient (Wildman–Crippen LogP) is 3.56. The normalized spacial score (nSPS) is 15.5. The molecule has 1 fully saturated rings. The summed E-state index contributed by atoms with van der Waals surface area (Å²) in [6.07, 6.45) is 9.57. The van der Waals surface area contributed by atoms with Crippen LogP contribution in [0.2, 0.25) is 0 Å². The first-order valence-corrected chi connectivity index (χ1v) is 9.82. The number of oxime groups is 1. The van der Waals surface area contributed by atoms with E-state index in [1.54, 1.807) is 29.5 Å². The summed E-state index contributed by atoms with van der Waals surface area (Å²) < 4.78 is 0. The molecule has 1 N–H and O–H groups in total. The van der Waals surface area contributed by atoms with Gasteiger partial charge in [-0.1, -0.05) is 5.16 Å². The zero-order valence-electron chi connectivity index (χ0n) is 13.3. The Hall–Kier alpha value is -1.93. The van der Waals surface area contributed by atoms with Gasteiger partial charge < -0.3 is 4.84 Å². The summed E-state index contributed by atoms with van der Waals surface area (Å²) in [5, 5.41) is 10.1. The quantitative estimate of drug-likeness (QED) is 0.483. The van der Waals surface area contributed by atoms with E-state index in [4.69, 9.17) is 4.84 Å². The number of nitrogens with zero attached hydrogens (tertiary/aromatic N) is 3. The molecule has 0 atom stereocenters. The Morgan fingerprint density at radius 2 is 2.21 bits per heavy atom. The number of hydrogen-bond donors (Lipinski definition) is 1. The number of pyridine rings is 1. The fourth-order valence-electron chi connectivity index (χ4n) is 2.43. The Morgan fingerprint density at radius 1 is 1.38 bits per heavy atom. The van der Waals surface area contributed by atoms with Gasteiger partial charge in [0.15, 0.2) is 10.8 Å². The maximum Gasteiger partial charge on any atom is 0.280 e. The first-order chi connectivity index (χ1) is 11.8. The van der Waals surface area contributed by atoms with Gasteiger partial charge in [-0.05, 0) is 44.1 Å². The number of carbonyl (C=O) groups excluding carboxylic acids is 1. The lowest BCUT2D eigenvalue weighted by molar-refractivity contribution is -0.110. The lowest BCUT2D eigenvalue weighted by Gasteiger charge is -2.10. The van der Waals surface area contributed by atoms with Crippen molar-refractivity contribution in [3.8, 4) is 0 Å². The molecule has 1 amide bonds. The van der Waals surface area contributed by atoms with Crippen molar-refractivity contribution in [1.82, 2.24) is 9.97 Å². The molecule has 0 bridgehead atoms. The van der Waals surface area contributed by atoms with Crippen LogP contribution < -0.4 is 5.32 Å². The van der Waals surface area contributed by atoms with Gasteiger partial charge >= 0.3 is 0 Å². The number of aromatic nitrogens is 2. The average molecular weight is 362 g/mol. The van der Waals surface area contributed by atoms with Gasteiger partial charge in [0.2, 0.25) is 0 Å². The molecule has 0 saturated heterocycles. The van der Waals surface area contributed by atoms with Crippen LogP contribution in [-0.4, -0.2) is 33.9 Å². The minimum absolute atomic E-state index is 0.0890. The maximum absolute atomic E-state index is 12.6. The van der Waals surface area contributed by atoms with Crippen molar-refractivity contribution in [3.05, 3.63) is 35.5 Å². The number of nitrogens with one attached hydrogen (secondary N) is 1. The fourth-order valence-corrected chi connectivity index (χ4v) is 3.32. The Bertz CT molecular complexity index is 695. The van der Waals surface area contributed by atoms with Gasteiger partial charge in [-0.3, -0.25) is 10.1 Å². The number of anilines is 1. The second-order valence-electron chi connectivity index (χ2n) is 5.33. The van der Waals surface area contributed by atoms with E-state index in [0.29, 0.717) is 10.7 Å².